The molecule has 1 aliphatic rings. The van der Waals surface area contributed by atoms with Crippen LogP contribution in [0.2, 0.25) is 0 Å². The van der Waals surface area contributed by atoms with Gasteiger partial charge in [0.1, 0.15) is 5.75 Å². The lowest BCUT2D eigenvalue weighted by Gasteiger charge is -2.22. The molecule has 1 atom stereocenters. The summed E-state index contributed by atoms with van der Waals surface area (Å²) in [4.78, 5) is 2.36. The largest absolute Gasteiger partial charge is 0.497 e. The van der Waals surface area contributed by atoms with Crippen molar-refractivity contribution in [2.24, 2.45) is 0 Å². The van der Waals surface area contributed by atoms with Gasteiger partial charge in [0, 0.05) is 6.04 Å². The standard InChI is InChI=1S/C14H17NO/c1-3-9-15-10-5-8-14(15)12-6-4-7-13(11-12)16-2/h1,4,6-7,11,14H,5,8-10H2,2H3. The van der Waals surface area contributed by atoms with Gasteiger partial charge >= 0.3 is 0 Å². The first kappa shape index (κ1) is 11.0. The van der Waals surface area contributed by atoms with Crippen LogP contribution in [0.1, 0.15) is 24.4 Å². The Morgan fingerprint density at radius 2 is 2.44 bits per heavy atom. The van der Waals surface area contributed by atoms with Crippen LogP contribution in [0, 0.1) is 12.3 Å². The summed E-state index contributed by atoms with van der Waals surface area (Å²) in [6, 6.07) is 8.75. The maximum atomic E-state index is 5.39. The smallest absolute Gasteiger partial charge is 0.119 e. The van der Waals surface area contributed by atoms with E-state index in [4.69, 9.17) is 11.2 Å². The number of hydrogen-bond donors (Lipinski definition) is 0. The zero-order valence-corrected chi connectivity index (χ0v) is 9.65. The molecule has 0 N–H and O–H groups in total. The van der Waals surface area contributed by atoms with E-state index < -0.39 is 0 Å². The van der Waals surface area contributed by atoms with Crippen molar-refractivity contribution in [3.63, 3.8) is 0 Å². The third-order valence-electron chi connectivity index (χ3n) is 3.14. The number of rotatable bonds is 3. The molecule has 2 nitrogen and oxygen atoms in total. The summed E-state index contributed by atoms with van der Waals surface area (Å²) in [5.41, 5.74) is 1.31. The van der Waals surface area contributed by atoms with Crippen LogP contribution in [0.3, 0.4) is 0 Å². The molecule has 1 unspecified atom stereocenters. The second-order valence-corrected chi connectivity index (χ2v) is 4.11. The molecule has 0 aliphatic carbocycles. The van der Waals surface area contributed by atoms with Crippen LogP contribution in [-0.4, -0.2) is 25.1 Å². The Balaban J connectivity index is 2.19. The number of hydrogen-bond acceptors (Lipinski definition) is 2. The maximum Gasteiger partial charge on any atom is 0.119 e. The van der Waals surface area contributed by atoms with Crippen molar-refractivity contribution in [3.05, 3.63) is 29.8 Å². The molecule has 2 rings (SSSR count). The van der Waals surface area contributed by atoms with Crippen molar-refractivity contribution in [1.29, 1.82) is 0 Å². The lowest BCUT2D eigenvalue weighted by Crippen LogP contribution is -2.23. The van der Waals surface area contributed by atoms with Crippen molar-refractivity contribution in [1.82, 2.24) is 4.90 Å². The molecule has 1 aliphatic heterocycles. The molecule has 84 valence electrons. The summed E-state index contributed by atoms with van der Waals surface area (Å²) < 4.78 is 5.25. The summed E-state index contributed by atoms with van der Waals surface area (Å²) in [5.74, 6) is 3.65. The topological polar surface area (TPSA) is 12.5 Å². The summed E-state index contributed by atoms with van der Waals surface area (Å²) >= 11 is 0. The van der Waals surface area contributed by atoms with Crippen LogP contribution in [0.25, 0.3) is 0 Å². The number of ether oxygens (including phenoxy) is 1. The van der Waals surface area contributed by atoms with Crippen molar-refractivity contribution < 1.29 is 4.74 Å². The molecule has 0 spiro atoms. The first-order valence-electron chi connectivity index (χ1n) is 5.66. The normalized spacial score (nSPS) is 20.6. The average Bonchev–Trinajstić information content (AvgIpc) is 2.78. The zero-order valence-electron chi connectivity index (χ0n) is 9.65. The van der Waals surface area contributed by atoms with Crippen LogP contribution in [0.5, 0.6) is 5.75 Å². The number of benzene rings is 1. The SMILES string of the molecule is C#CCN1CCCC1c1cccc(OC)c1. The van der Waals surface area contributed by atoms with Gasteiger partial charge in [-0.05, 0) is 37.1 Å². The Kier molecular flexibility index (Phi) is 3.48. The number of methoxy groups -OCH3 is 1. The van der Waals surface area contributed by atoms with E-state index in [9.17, 15) is 0 Å². The Labute approximate surface area is 97.2 Å². The quantitative estimate of drug-likeness (QED) is 0.718. The first-order chi connectivity index (χ1) is 7.85. The molecule has 0 amide bonds. The highest BCUT2D eigenvalue weighted by Gasteiger charge is 2.25. The molecule has 1 saturated heterocycles. The van der Waals surface area contributed by atoms with Crippen molar-refractivity contribution in [2.45, 2.75) is 18.9 Å². The molecule has 0 bridgehead atoms. The predicted molar refractivity (Wildman–Crippen MR) is 65.4 cm³/mol. The van der Waals surface area contributed by atoms with Crippen LogP contribution in [-0.2, 0) is 0 Å². The van der Waals surface area contributed by atoms with Gasteiger partial charge in [-0.1, -0.05) is 18.1 Å². The van der Waals surface area contributed by atoms with Crippen molar-refractivity contribution in [3.8, 4) is 18.1 Å². The van der Waals surface area contributed by atoms with Gasteiger partial charge in [0.25, 0.3) is 0 Å². The molecule has 1 aromatic rings. The Morgan fingerprint density at radius 1 is 1.56 bits per heavy atom. The van der Waals surface area contributed by atoms with Crippen LogP contribution in [0.4, 0.5) is 0 Å². The molecule has 0 radical (unpaired) electrons. The lowest BCUT2D eigenvalue weighted by molar-refractivity contribution is 0.289. The van der Waals surface area contributed by atoms with E-state index >= 15 is 0 Å². The fourth-order valence-corrected chi connectivity index (χ4v) is 2.36. The molecule has 0 aromatic heterocycles. The molecule has 1 aromatic carbocycles. The minimum absolute atomic E-state index is 0.464. The first-order valence-corrected chi connectivity index (χ1v) is 5.66. The third kappa shape index (κ3) is 2.20. The van der Waals surface area contributed by atoms with Gasteiger partial charge in [-0.3, -0.25) is 4.90 Å². The minimum atomic E-state index is 0.464. The van der Waals surface area contributed by atoms with E-state index in [1.54, 1.807) is 7.11 Å². The van der Waals surface area contributed by atoms with E-state index in [0.29, 0.717) is 6.04 Å². The van der Waals surface area contributed by atoms with E-state index in [1.165, 1.54) is 18.4 Å². The molecule has 16 heavy (non-hydrogen) atoms. The minimum Gasteiger partial charge on any atom is -0.497 e. The van der Waals surface area contributed by atoms with Crippen LogP contribution >= 0.6 is 0 Å². The maximum absolute atomic E-state index is 5.39. The fourth-order valence-electron chi connectivity index (χ4n) is 2.36. The summed E-state index contributed by atoms with van der Waals surface area (Å²) in [5, 5.41) is 0. The Hall–Kier alpha value is -1.46. The van der Waals surface area contributed by atoms with Gasteiger partial charge < -0.3 is 4.74 Å². The third-order valence-corrected chi connectivity index (χ3v) is 3.14. The number of terminal acetylenes is 1. The summed E-state index contributed by atoms with van der Waals surface area (Å²) in [6.45, 7) is 1.84. The molecular formula is C14H17NO. The molecule has 0 saturated carbocycles. The highest BCUT2D eigenvalue weighted by Crippen LogP contribution is 2.32. The van der Waals surface area contributed by atoms with Crippen molar-refractivity contribution >= 4 is 0 Å². The van der Waals surface area contributed by atoms with Gasteiger partial charge in [-0.2, -0.15) is 0 Å². The van der Waals surface area contributed by atoms with Gasteiger partial charge in [0.2, 0.25) is 0 Å². The number of nitrogens with zero attached hydrogens (tertiary/aromatic N) is 1. The predicted octanol–water partition coefficient (Wildman–Crippen LogP) is 2.47. The highest BCUT2D eigenvalue weighted by atomic mass is 16.5. The monoisotopic (exact) mass is 215 g/mol. The zero-order chi connectivity index (χ0) is 11.4. The van der Waals surface area contributed by atoms with Gasteiger partial charge in [0.05, 0.1) is 13.7 Å². The lowest BCUT2D eigenvalue weighted by atomic mass is 10.0. The highest BCUT2D eigenvalue weighted by molar-refractivity contribution is 5.31. The van der Waals surface area contributed by atoms with E-state index in [0.717, 1.165) is 18.8 Å². The Morgan fingerprint density at radius 3 is 3.19 bits per heavy atom. The fraction of sp³-hybridized carbons (Fsp3) is 0.429. The van der Waals surface area contributed by atoms with Crippen LogP contribution in [0.15, 0.2) is 24.3 Å². The second-order valence-electron chi connectivity index (χ2n) is 4.11. The van der Waals surface area contributed by atoms with E-state index in [2.05, 4.69) is 23.0 Å². The van der Waals surface area contributed by atoms with Crippen LogP contribution < -0.4 is 4.74 Å². The molecule has 2 heteroatoms. The second kappa shape index (κ2) is 5.05. The summed E-state index contributed by atoms with van der Waals surface area (Å²) in [6.07, 6.45) is 7.80. The molecular weight excluding hydrogens is 198 g/mol. The van der Waals surface area contributed by atoms with Gasteiger partial charge in [-0.15, -0.1) is 6.42 Å². The van der Waals surface area contributed by atoms with Gasteiger partial charge in [0.15, 0.2) is 0 Å². The molecule has 1 fully saturated rings. The Bertz CT molecular complexity index is 394. The number of likely N-dealkylation sites (tertiary alicyclic amines) is 1. The average molecular weight is 215 g/mol. The summed E-state index contributed by atoms with van der Waals surface area (Å²) in [7, 11) is 1.70. The van der Waals surface area contributed by atoms with E-state index in [1.807, 2.05) is 12.1 Å². The van der Waals surface area contributed by atoms with E-state index in [-0.39, 0.29) is 0 Å². The van der Waals surface area contributed by atoms with Crippen molar-refractivity contribution in [2.75, 3.05) is 20.2 Å². The van der Waals surface area contributed by atoms with Gasteiger partial charge in [-0.25, -0.2) is 0 Å². The molecule has 1 heterocycles.